The lowest BCUT2D eigenvalue weighted by Crippen LogP contribution is -2.41. The molecule has 0 spiro atoms. The number of likely N-dealkylation sites (tertiary alicyclic amines) is 1. The molecule has 2 aromatic rings. The van der Waals surface area contributed by atoms with Gasteiger partial charge in [0.2, 0.25) is 5.91 Å². The molecule has 2 aliphatic heterocycles. The van der Waals surface area contributed by atoms with Crippen LogP contribution in [0.5, 0.6) is 0 Å². The van der Waals surface area contributed by atoms with Crippen molar-refractivity contribution < 1.29 is 4.79 Å². The van der Waals surface area contributed by atoms with Crippen molar-refractivity contribution in [1.29, 1.82) is 0 Å². The first kappa shape index (κ1) is 19.6. The van der Waals surface area contributed by atoms with Gasteiger partial charge in [-0.25, -0.2) is 0 Å². The molecule has 0 saturated carbocycles. The Morgan fingerprint density at radius 1 is 1.14 bits per heavy atom. The third kappa shape index (κ3) is 4.49. The number of nitrogens with one attached hydrogen (secondary N) is 1. The zero-order chi connectivity index (χ0) is 19.3. The van der Waals surface area contributed by atoms with E-state index in [1.807, 2.05) is 12.3 Å². The normalized spacial score (nSPS) is 18.7. The summed E-state index contributed by atoms with van der Waals surface area (Å²) in [6, 6.07) is 8.30. The smallest absolute Gasteiger partial charge is 0.223 e. The zero-order valence-corrected chi connectivity index (χ0v) is 18.0. The molecule has 1 aromatic heterocycles. The van der Waals surface area contributed by atoms with Crippen molar-refractivity contribution in [3.8, 4) is 0 Å². The van der Waals surface area contributed by atoms with Crippen LogP contribution in [0, 0.1) is 5.92 Å². The minimum absolute atomic E-state index is 0.142. The van der Waals surface area contributed by atoms with Crippen LogP contribution in [0.3, 0.4) is 0 Å². The molecule has 5 nitrogen and oxygen atoms in total. The minimum atomic E-state index is 0.142. The minimum Gasteiger partial charge on any atom is -0.371 e. The van der Waals surface area contributed by atoms with Crippen LogP contribution in [0.4, 0.5) is 5.69 Å². The summed E-state index contributed by atoms with van der Waals surface area (Å²) in [4.78, 5) is 21.9. The van der Waals surface area contributed by atoms with Crippen molar-refractivity contribution in [2.75, 3.05) is 44.2 Å². The largest absolute Gasteiger partial charge is 0.371 e. The van der Waals surface area contributed by atoms with E-state index in [-0.39, 0.29) is 11.8 Å². The van der Waals surface area contributed by atoms with Crippen LogP contribution in [-0.2, 0) is 4.79 Å². The van der Waals surface area contributed by atoms with Crippen molar-refractivity contribution in [3.05, 3.63) is 34.9 Å². The predicted octanol–water partition coefficient (Wildman–Crippen LogP) is 3.82. The number of piperidine rings is 1. The SMILES string of the molecule is O=C(NCCCN1CCCC1)C1CCN(c2ccnc3c(Br)cccc23)CC1. The van der Waals surface area contributed by atoms with Gasteiger partial charge in [-0.1, -0.05) is 12.1 Å². The molecule has 3 heterocycles. The Bertz CT molecular complexity index is 813. The molecule has 1 N–H and O–H groups in total. The number of pyridine rings is 1. The second kappa shape index (κ2) is 9.23. The number of hydrogen-bond acceptors (Lipinski definition) is 4. The van der Waals surface area contributed by atoms with E-state index in [2.05, 4.69) is 54.2 Å². The summed E-state index contributed by atoms with van der Waals surface area (Å²) in [6.07, 6.45) is 7.42. The third-order valence-electron chi connectivity index (χ3n) is 6.05. The number of carbonyl (C=O) groups excluding carboxylic acids is 1. The second-order valence-electron chi connectivity index (χ2n) is 7.92. The fraction of sp³-hybridized carbons (Fsp3) is 0.545. The van der Waals surface area contributed by atoms with Crippen LogP contribution in [0.1, 0.15) is 32.1 Å². The number of amides is 1. The number of aromatic nitrogens is 1. The van der Waals surface area contributed by atoms with Gasteiger partial charge >= 0.3 is 0 Å². The molecule has 4 rings (SSSR count). The average molecular weight is 445 g/mol. The van der Waals surface area contributed by atoms with Crippen LogP contribution < -0.4 is 10.2 Å². The summed E-state index contributed by atoms with van der Waals surface area (Å²) in [5, 5.41) is 4.34. The topological polar surface area (TPSA) is 48.5 Å². The Morgan fingerprint density at radius 2 is 1.93 bits per heavy atom. The lowest BCUT2D eigenvalue weighted by molar-refractivity contribution is -0.125. The van der Waals surface area contributed by atoms with Crippen LogP contribution >= 0.6 is 15.9 Å². The lowest BCUT2D eigenvalue weighted by atomic mass is 9.95. The van der Waals surface area contributed by atoms with E-state index in [0.29, 0.717) is 0 Å². The van der Waals surface area contributed by atoms with E-state index >= 15 is 0 Å². The summed E-state index contributed by atoms with van der Waals surface area (Å²) in [6.45, 7) is 6.20. The number of carbonyl (C=O) groups is 1. The van der Waals surface area contributed by atoms with E-state index in [1.54, 1.807) is 0 Å². The second-order valence-corrected chi connectivity index (χ2v) is 8.78. The van der Waals surface area contributed by atoms with Crippen LogP contribution in [-0.4, -0.2) is 55.1 Å². The van der Waals surface area contributed by atoms with Gasteiger partial charge < -0.3 is 15.1 Å². The molecule has 6 heteroatoms. The Kier molecular flexibility index (Phi) is 6.47. The van der Waals surface area contributed by atoms with Gasteiger partial charge in [0.05, 0.1) is 5.52 Å². The molecule has 0 bridgehead atoms. The molecule has 0 unspecified atom stereocenters. The van der Waals surface area contributed by atoms with Gasteiger partial charge in [0, 0.05) is 47.3 Å². The molecule has 1 amide bonds. The summed E-state index contributed by atoms with van der Waals surface area (Å²) < 4.78 is 1.02. The molecule has 2 aliphatic rings. The van der Waals surface area contributed by atoms with Crippen LogP contribution in [0.15, 0.2) is 34.9 Å². The molecule has 0 radical (unpaired) electrons. The highest BCUT2D eigenvalue weighted by Crippen LogP contribution is 2.32. The number of fused-ring (bicyclic) bond motifs is 1. The molecule has 2 fully saturated rings. The van der Waals surface area contributed by atoms with Crippen LogP contribution in [0.2, 0.25) is 0 Å². The average Bonchev–Trinajstić information content (AvgIpc) is 3.25. The number of rotatable bonds is 6. The van der Waals surface area contributed by atoms with Crippen molar-refractivity contribution in [3.63, 3.8) is 0 Å². The van der Waals surface area contributed by atoms with E-state index < -0.39 is 0 Å². The van der Waals surface area contributed by atoms with E-state index in [0.717, 1.165) is 55.4 Å². The van der Waals surface area contributed by atoms with Gasteiger partial charge in [0.15, 0.2) is 0 Å². The third-order valence-corrected chi connectivity index (χ3v) is 6.69. The highest BCUT2D eigenvalue weighted by molar-refractivity contribution is 9.10. The quantitative estimate of drug-likeness (QED) is 0.687. The van der Waals surface area contributed by atoms with Crippen molar-refractivity contribution in [2.24, 2.45) is 5.92 Å². The highest BCUT2D eigenvalue weighted by Gasteiger charge is 2.25. The maximum atomic E-state index is 12.5. The molecule has 2 saturated heterocycles. The Labute approximate surface area is 175 Å². The number of anilines is 1. The van der Waals surface area contributed by atoms with Gasteiger partial charge in [0.1, 0.15) is 0 Å². The number of hydrogen-bond donors (Lipinski definition) is 1. The lowest BCUT2D eigenvalue weighted by Gasteiger charge is -2.33. The first-order chi connectivity index (χ1) is 13.7. The van der Waals surface area contributed by atoms with Gasteiger partial charge in [0.25, 0.3) is 0 Å². The maximum absolute atomic E-state index is 12.5. The fourth-order valence-corrected chi connectivity index (χ4v) is 4.92. The maximum Gasteiger partial charge on any atom is 0.223 e. The monoisotopic (exact) mass is 444 g/mol. The number of halogens is 1. The Morgan fingerprint density at radius 3 is 2.71 bits per heavy atom. The Hall–Kier alpha value is -1.66. The van der Waals surface area contributed by atoms with Crippen molar-refractivity contribution in [1.82, 2.24) is 15.2 Å². The Balaban J connectivity index is 1.27. The summed E-state index contributed by atoms with van der Waals surface area (Å²) in [5.74, 6) is 0.381. The summed E-state index contributed by atoms with van der Waals surface area (Å²) >= 11 is 3.60. The van der Waals surface area contributed by atoms with Gasteiger partial charge in [-0.15, -0.1) is 0 Å². The molecular weight excluding hydrogens is 416 g/mol. The van der Waals surface area contributed by atoms with E-state index in [4.69, 9.17) is 0 Å². The van der Waals surface area contributed by atoms with Gasteiger partial charge in [-0.3, -0.25) is 9.78 Å². The summed E-state index contributed by atoms with van der Waals surface area (Å²) in [7, 11) is 0. The van der Waals surface area contributed by atoms with Crippen molar-refractivity contribution >= 4 is 38.4 Å². The first-order valence-electron chi connectivity index (χ1n) is 10.5. The first-order valence-corrected chi connectivity index (χ1v) is 11.3. The van der Waals surface area contributed by atoms with E-state index in [9.17, 15) is 4.79 Å². The summed E-state index contributed by atoms with van der Waals surface area (Å²) in [5.41, 5.74) is 2.22. The molecular formula is C22H29BrN4O. The predicted molar refractivity (Wildman–Crippen MR) is 118 cm³/mol. The number of nitrogens with zero attached hydrogens (tertiary/aromatic N) is 3. The molecule has 150 valence electrons. The molecule has 0 atom stereocenters. The molecule has 0 aliphatic carbocycles. The zero-order valence-electron chi connectivity index (χ0n) is 16.4. The molecule has 28 heavy (non-hydrogen) atoms. The van der Waals surface area contributed by atoms with Gasteiger partial charge in [-0.2, -0.15) is 0 Å². The van der Waals surface area contributed by atoms with E-state index in [1.165, 1.54) is 37.0 Å². The fourth-order valence-electron chi connectivity index (χ4n) is 4.45. The molecule has 1 aromatic carbocycles. The number of benzene rings is 1. The number of para-hydroxylation sites is 1. The highest BCUT2D eigenvalue weighted by atomic mass is 79.9. The van der Waals surface area contributed by atoms with Crippen LogP contribution in [0.25, 0.3) is 10.9 Å². The van der Waals surface area contributed by atoms with Crippen molar-refractivity contribution in [2.45, 2.75) is 32.1 Å². The standard InChI is InChI=1S/C22H29BrN4O/c23-19-6-3-5-18-20(7-11-24-21(18)19)27-15-8-17(9-16-27)22(28)25-10-4-14-26-12-1-2-13-26/h3,5-7,11,17H,1-2,4,8-10,12-16H2,(H,25,28). The van der Waals surface area contributed by atoms with Gasteiger partial charge in [-0.05, 0) is 79.8 Å².